The Bertz CT molecular complexity index is 860. The average Bonchev–Trinajstić information content (AvgIpc) is 2.85. The van der Waals surface area contributed by atoms with Gasteiger partial charge in [0.05, 0.1) is 10.2 Å². The van der Waals surface area contributed by atoms with Gasteiger partial charge in [0.1, 0.15) is 11.4 Å². The van der Waals surface area contributed by atoms with Gasteiger partial charge in [0, 0.05) is 6.20 Å². The fourth-order valence-corrected chi connectivity index (χ4v) is 3.06. The van der Waals surface area contributed by atoms with Crippen LogP contribution in [-0.4, -0.2) is 21.0 Å². The van der Waals surface area contributed by atoms with Crippen LogP contribution in [0.2, 0.25) is 0 Å². The number of anilines is 2. The molecule has 0 saturated carbocycles. The van der Waals surface area contributed by atoms with Gasteiger partial charge in [-0.1, -0.05) is 17.4 Å². The molecule has 3 aromatic rings. The topological polar surface area (TPSA) is 115 Å². The molecule has 0 radical (unpaired) electrons. The van der Waals surface area contributed by atoms with Crippen LogP contribution in [0.4, 0.5) is 10.9 Å². The van der Waals surface area contributed by atoms with E-state index in [1.54, 1.807) is 12.3 Å². The molecule has 2 aromatic heterocycles. The SMILES string of the molecule is Nc1nc2ccc(CCc3cnc(N)c(C(=O)O)c3)cc2s1. The Morgan fingerprint density at radius 1 is 1.18 bits per heavy atom. The van der Waals surface area contributed by atoms with Crippen LogP contribution in [0, 0.1) is 0 Å². The zero-order chi connectivity index (χ0) is 15.7. The summed E-state index contributed by atoms with van der Waals surface area (Å²) < 4.78 is 1.05. The molecule has 112 valence electrons. The summed E-state index contributed by atoms with van der Waals surface area (Å²) in [6.07, 6.45) is 3.08. The van der Waals surface area contributed by atoms with Gasteiger partial charge >= 0.3 is 5.97 Å². The zero-order valence-corrected chi connectivity index (χ0v) is 12.4. The quantitative estimate of drug-likeness (QED) is 0.681. The minimum atomic E-state index is -1.06. The minimum Gasteiger partial charge on any atom is -0.478 e. The summed E-state index contributed by atoms with van der Waals surface area (Å²) in [5.41, 5.74) is 14.2. The third-order valence-corrected chi connectivity index (χ3v) is 4.22. The lowest BCUT2D eigenvalue weighted by Crippen LogP contribution is -2.06. The third-order valence-electron chi connectivity index (χ3n) is 3.38. The number of aryl methyl sites for hydroxylation is 2. The predicted molar refractivity (Wildman–Crippen MR) is 87.0 cm³/mol. The number of pyridine rings is 1. The van der Waals surface area contributed by atoms with Crippen molar-refractivity contribution < 1.29 is 9.90 Å². The molecule has 6 nitrogen and oxygen atoms in total. The van der Waals surface area contributed by atoms with Gasteiger partial charge in [0.15, 0.2) is 5.13 Å². The number of rotatable bonds is 4. The molecule has 7 heteroatoms. The number of nitrogens with two attached hydrogens (primary N) is 2. The highest BCUT2D eigenvalue weighted by atomic mass is 32.1. The first-order valence-corrected chi connectivity index (χ1v) is 7.47. The lowest BCUT2D eigenvalue weighted by Gasteiger charge is -2.05. The molecular weight excluding hydrogens is 300 g/mol. The van der Waals surface area contributed by atoms with Crippen molar-refractivity contribution in [3.05, 3.63) is 47.2 Å². The second kappa shape index (κ2) is 5.61. The Morgan fingerprint density at radius 2 is 1.95 bits per heavy atom. The molecule has 0 atom stereocenters. The smallest absolute Gasteiger partial charge is 0.339 e. The maximum Gasteiger partial charge on any atom is 0.339 e. The molecule has 0 saturated heterocycles. The summed E-state index contributed by atoms with van der Waals surface area (Å²) in [5.74, 6) is -1.02. The number of aromatic nitrogens is 2. The second-order valence-electron chi connectivity index (χ2n) is 4.94. The Balaban J connectivity index is 1.78. The average molecular weight is 314 g/mol. The number of hydrogen-bond acceptors (Lipinski definition) is 6. The molecule has 0 fully saturated rings. The van der Waals surface area contributed by atoms with Crippen molar-refractivity contribution in [3.63, 3.8) is 0 Å². The van der Waals surface area contributed by atoms with E-state index in [1.165, 1.54) is 11.3 Å². The van der Waals surface area contributed by atoms with E-state index in [0.29, 0.717) is 11.6 Å². The Hall–Kier alpha value is -2.67. The molecule has 0 aliphatic carbocycles. The first kappa shape index (κ1) is 14.3. The van der Waals surface area contributed by atoms with Crippen LogP contribution < -0.4 is 11.5 Å². The van der Waals surface area contributed by atoms with Gasteiger partial charge in [-0.05, 0) is 42.2 Å². The number of carboxylic acid groups (broad SMARTS) is 1. The lowest BCUT2D eigenvalue weighted by molar-refractivity contribution is 0.0697. The minimum absolute atomic E-state index is 0.0396. The van der Waals surface area contributed by atoms with E-state index in [4.69, 9.17) is 16.6 Å². The van der Waals surface area contributed by atoms with Crippen molar-refractivity contribution in [1.82, 2.24) is 9.97 Å². The molecule has 0 bridgehead atoms. The fourth-order valence-electron chi connectivity index (χ4n) is 2.26. The highest BCUT2D eigenvalue weighted by Crippen LogP contribution is 2.25. The number of thiazole rings is 1. The van der Waals surface area contributed by atoms with Crippen molar-refractivity contribution >= 4 is 38.5 Å². The van der Waals surface area contributed by atoms with E-state index >= 15 is 0 Å². The van der Waals surface area contributed by atoms with Crippen LogP contribution in [0.1, 0.15) is 21.5 Å². The van der Waals surface area contributed by atoms with E-state index in [-0.39, 0.29) is 11.4 Å². The van der Waals surface area contributed by atoms with E-state index in [9.17, 15) is 4.79 Å². The Labute approximate surface area is 130 Å². The van der Waals surface area contributed by atoms with Gasteiger partial charge < -0.3 is 16.6 Å². The van der Waals surface area contributed by atoms with E-state index in [2.05, 4.69) is 16.0 Å². The standard InChI is InChI=1S/C15H14N4O2S/c16-13-10(14(20)21)5-9(7-18-13)2-1-8-3-4-11-12(6-8)22-15(17)19-11/h3-7H,1-2H2,(H2,16,18)(H2,17,19)(H,20,21). The number of carboxylic acids is 1. The molecule has 0 amide bonds. The summed E-state index contributed by atoms with van der Waals surface area (Å²) in [5, 5.41) is 9.62. The maximum absolute atomic E-state index is 11.1. The van der Waals surface area contributed by atoms with E-state index in [0.717, 1.165) is 27.8 Å². The largest absolute Gasteiger partial charge is 0.478 e. The van der Waals surface area contributed by atoms with Crippen molar-refractivity contribution in [3.8, 4) is 0 Å². The van der Waals surface area contributed by atoms with Gasteiger partial charge in [0.2, 0.25) is 0 Å². The van der Waals surface area contributed by atoms with Gasteiger partial charge in [-0.3, -0.25) is 0 Å². The lowest BCUT2D eigenvalue weighted by atomic mass is 10.0. The van der Waals surface area contributed by atoms with Crippen LogP contribution in [0.3, 0.4) is 0 Å². The van der Waals surface area contributed by atoms with Crippen molar-refractivity contribution in [2.24, 2.45) is 0 Å². The van der Waals surface area contributed by atoms with Crippen molar-refractivity contribution in [2.75, 3.05) is 11.5 Å². The number of nitrogen functional groups attached to an aromatic ring is 2. The number of nitrogens with zero attached hydrogens (tertiary/aromatic N) is 2. The van der Waals surface area contributed by atoms with Gasteiger partial charge in [-0.15, -0.1) is 0 Å². The van der Waals surface area contributed by atoms with Crippen LogP contribution >= 0.6 is 11.3 Å². The zero-order valence-electron chi connectivity index (χ0n) is 11.6. The predicted octanol–water partition coefficient (Wildman–Crippen LogP) is 2.34. The molecule has 2 heterocycles. The van der Waals surface area contributed by atoms with Crippen LogP contribution in [-0.2, 0) is 12.8 Å². The van der Waals surface area contributed by atoms with Crippen LogP contribution in [0.25, 0.3) is 10.2 Å². The first-order valence-electron chi connectivity index (χ1n) is 6.65. The van der Waals surface area contributed by atoms with Crippen LogP contribution in [0.5, 0.6) is 0 Å². The molecule has 0 aliphatic heterocycles. The molecule has 3 rings (SSSR count). The molecular formula is C15H14N4O2S. The monoisotopic (exact) mass is 314 g/mol. The fraction of sp³-hybridized carbons (Fsp3) is 0.133. The Kier molecular flexibility index (Phi) is 3.64. The van der Waals surface area contributed by atoms with Gasteiger partial charge in [0.25, 0.3) is 0 Å². The van der Waals surface area contributed by atoms with E-state index in [1.807, 2.05) is 12.1 Å². The van der Waals surface area contributed by atoms with Crippen molar-refractivity contribution in [1.29, 1.82) is 0 Å². The summed E-state index contributed by atoms with van der Waals surface area (Å²) in [6.45, 7) is 0. The molecule has 1 aromatic carbocycles. The van der Waals surface area contributed by atoms with Gasteiger partial charge in [-0.2, -0.15) is 0 Å². The van der Waals surface area contributed by atoms with Crippen molar-refractivity contribution in [2.45, 2.75) is 12.8 Å². The maximum atomic E-state index is 11.1. The summed E-state index contributed by atoms with van der Waals surface area (Å²) >= 11 is 1.46. The summed E-state index contributed by atoms with van der Waals surface area (Å²) in [7, 11) is 0. The van der Waals surface area contributed by atoms with E-state index < -0.39 is 5.97 Å². The summed E-state index contributed by atoms with van der Waals surface area (Å²) in [4.78, 5) is 19.2. The number of fused-ring (bicyclic) bond motifs is 1. The third kappa shape index (κ3) is 2.84. The highest BCUT2D eigenvalue weighted by Gasteiger charge is 2.10. The molecule has 22 heavy (non-hydrogen) atoms. The Morgan fingerprint density at radius 3 is 2.73 bits per heavy atom. The second-order valence-corrected chi connectivity index (χ2v) is 6.00. The first-order chi connectivity index (χ1) is 10.5. The highest BCUT2D eigenvalue weighted by molar-refractivity contribution is 7.22. The normalized spacial score (nSPS) is 10.9. The van der Waals surface area contributed by atoms with Crippen LogP contribution in [0.15, 0.2) is 30.5 Å². The molecule has 5 N–H and O–H groups in total. The molecule has 0 unspecified atom stereocenters. The number of carbonyl (C=O) groups is 1. The molecule has 0 aliphatic rings. The number of hydrogen-bond donors (Lipinski definition) is 3. The number of aromatic carboxylic acids is 1. The summed E-state index contributed by atoms with van der Waals surface area (Å²) in [6, 6.07) is 7.59. The van der Waals surface area contributed by atoms with Gasteiger partial charge in [-0.25, -0.2) is 14.8 Å². The number of benzene rings is 1. The molecule has 0 spiro atoms.